The molecule has 2 unspecified atom stereocenters. The maximum absolute atomic E-state index is 12.5. The second kappa shape index (κ2) is 8.79. The number of halogens is 1. The number of rotatable bonds is 4. The van der Waals surface area contributed by atoms with E-state index in [1.165, 1.54) is 0 Å². The molecule has 2 aromatic rings. The molecule has 0 radical (unpaired) electrons. The number of amides is 1. The lowest BCUT2D eigenvalue weighted by atomic mass is 9.85. The highest BCUT2D eigenvalue weighted by Crippen LogP contribution is 2.25. The predicted molar refractivity (Wildman–Crippen MR) is 102 cm³/mol. The Labute approximate surface area is 154 Å². The van der Waals surface area contributed by atoms with Crippen molar-refractivity contribution >= 4 is 29.8 Å². The van der Waals surface area contributed by atoms with E-state index in [2.05, 4.69) is 5.32 Å². The highest BCUT2D eigenvalue weighted by atomic mass is 35.5. The Bertz CT molecular complexity index is 733. The lowest BCUT2D eigenvalue weighted by Gasteiger charge is -2.25. The van der Waals surface area contributed by atoms with Crippen molar-refractivity contribution < 1.29 is 9.59 Å². The Morgan fingerprint density at radius 3 is 2.40 bits per heavy atom. The summed E-state index contributed by atoms with van der Waals surface area (Å²) in [5, 5.41) is 2.93. The second-order valence-corrected chi connectivity index (χ2v) is 6.39. The van der Waals surface area contributed by atoms with Crippen LogP contribution in [-0.4, -0.2) is 17.7 Å². The molecule has 3 N–H and O–H groups in total. The van der Waals surface area contributed by atoms with Gasteiger partial charge in [-0.3, -0.25) is 9.59 Å². The fourth-order valence-corrected chi connectivity index (χ4v) is 3.20. The quantitative estimate of drug-likeness (QED) is 0.816. The van der Waals surface area contributed by atoms with Crippen molar-refractivity contribution in [3.8, 4) is 0 Å². The molecule has 1 amide bonds. The van der Waals surface area contributed by atoms with E-state index in [-0.39, 0.29) is 36.1 Å². The van der Waals surface area contributed by atoms with Crippen molar-refractivity contribution in [3.05, 3.63) is 65.7 Å². The molecule has 0 spiro atoms. The summed E-state index contributed by atoms with van der Waals surface area (Å²) in [7, 11) is 0. The molecule has 2 aromatic carbocycles. The number of ketones is 1. The summed E-state index contributed by atoms with van der Waals surface area (Å²) in [6, 6.07) is 16.3. The molecule has 4 nitrogen and oxygen atoms in total. The van der Waals surface area contributed by atoms with E-state index in [0.29, 0.717) is 16.8 Å². The third-order valence-electron chi connectivity index (χ3n) is 4.51. The van der Waals surface area contributed by atoms with Gasteiger partial charge >= 0.3 is 0 Å². The van der Waals surface area contributed by atoms with Crippen LogP contribution in [0.5, 0.6) is 0 Å². The fourth-order valence-electron chi connectivity index (χ4n) is 3.20. The van der Waals surface area contributed by atoms with Crippen LogP contribution in [0.3, 0.4) is 0 Å². The number of carbonyl (C=O) groups is 2. The van der Waals surface area contributed by atoms with E-state index in [1.807, 2.05) is 24.3 Å². The zero-order valence-electron chi connectivity index (χ0n) is 14.0. The van der Waals surface area contributed by atoms with Crippen molar-refractivity contribution in [3.63, 3.8) is 0 Å². The van der Waals surface area contributed by atoms with Crippen LogP contribution >= 0.6 is 12.4 Å². The molecule has 1 saturated carbocycles. The topological polar surface area (TPSA) is 72.2 Å². The molecule has 0 bridgehead atoms. The van der Waals surface area contributed by atoms with Gasteiger partial charge in [-0.05, 0) is 31.4 Å². The highest BCUT2D eigenvalue weighted by Gasteiger charge is 2.25. The SMILES string of the molecule is Cl.NC1CCCC(C(=O)Nc2cccc(C(=O)c3ccccc3)c2)C1. The number of nitrogens with two attached hydrogens (primary N) is 1. The maximum atomic E-state index is 12.5. The van der Waals surface area contributed by atoms with Crippen LogP contribution in [0, 0.1) is 5.92 Å². The number of carbonyl (C=O) groups excluding carboxylic acids is 2. The van der Waals surface area contributed by atoms with Crippen molar-refractivity contribution in [2.75, 3.05) is 5.32 Å². The fraction of sp³-hybridized carbons (Fsp3) is 0.300. The lowest BCUT2D eigenvalue weighted by Crippen LogP contribution is -2.34. The molecule has 1 fully saturated rings. The Morgan fingerprint density at radius 2 is 1.68 bits per heavy atom. The average Bonchev–Trinajstić information content (AvgIpc) is 2.62. The van der Waals surface area contributed by atoms with Gasteiger partial charge in [-0.25, -0.2) is 0 Å². The Hall–Kier alpha value is -2.17. The van der Waals surface area contributed by atoms with Gasteiger partial charge in [0, 0.05) is 28.8 Å². The normalized spacial score (nSPS) is 19.6. The van der Waals surface area contributed by atoms with Crippen LogP contribution in [0.15, 0.2) is 54.6 Å². The summed E-state index contributed by atoms with van der Waals surface area (Å²) in [5.74, 6) is -0.0944. The Balaban J connectivity index is 0.00000225. The standard InChI is InChI=1S/C20H22N2O2.ClH/c21-17-10-4-9-16(12-17)20(24)22-18-11-5-8-15(13-18)19(23)14-6-2-1-3-7-14;/h1-3,5-8,11,13,16-17H,4,9-10,12,21H2,(H,22,24);1H. The van der Waals surface area contributed by atoms with Gasteiger partial charge in [0.2, 0.25) is 5.91 Å². The van der Waals surface area contributed by atoms with Crippen LogP contribution < -0.4 is 11.1 Å². The van der Waals surface area contributed by atoms with Crippen LogP contribution in [0.25, 0.3) is 0 Å². The Morgan fingerprint density at radius 1 is 0.960 bits per heavy atom. The summed E-state index contributed by atoms with van der Waals surface area (Å²) in [6.07, 6.45) is 3.59. The van der Waals surface area contributed by atoms with Gasteiger partial charge in [0.15, 0.2) is 5.78 Å². The van der Waals surface area contributed by atoms with Crippen molar-refractivity contribution in [1.82, 2.24) is 0 Å². The smallest absolute Gasteiger partial charge is 0.227 e. The third kappa shape index (κ3) is 4.91. The van der Waals surface area contributed by atoms with Gasteiger partial charge in [0.1, 0.15) is 0 Å². The minimum Gasteiger partial charge on any atom is -0.328 e. The molecule has 5 heteroatoms. The predicted octanol–water partition coefficient (Wildman–Crippen LogP) is 3.80. The summed E-state index contributed by atoms with van der Waals surface area (Å²) >= 11 is 0. The van der Waals surface area contributed by atoms with Gasteiger partial charge in [-0.1, -0.05) is 48.9 Å². The van der Waals surface area contributed by atoms with Crippen molar-refractivity contribution in [2.45, 2.75) is 31.7 Å². The molecule has 132 valence electrons. The molecule has 0 aromatic heterocycles. The van der Waals surface area contributed by atoms with Gasteiger partial charge in [-0.15, -0.1) is 12.4 Å². The van der Waals surface area contributed by atoms with Crippen LogP contribution in [0.4, 0.5) is 5.69 Å². The molecule has 1 aliphatic rings. The first-order valence-corrected chi connectivity index (χ1v) is 8.40. The second-order valence-electron chi connectivity index (χ2n) is 6.39. The zero-order valence-corrected chi connectivity index (χ0v) is 14.8. The summed E-state index contributed by atoms with van der Waals surface area (Å²) in [4.78, 5) is 24.9. The van der Waals surface area contributed by atoms with E-state index in [4.69, 9.17) is 5.73 Å². The molecular formula is C20H23ClN2O2. The molecule has 2 atom stereocenters. The number of nitrogens with one attached hydrogen (secondary N) is 1. The van der Waals surface area contributed by atoms with Crippen LogP contribution in [0.2, 0.25) is 0 Å². The summed E-state index contributed by atoms with van der Waals surface area (Å²) in [5.41, 5.74) is 7.82. The molecule has 0 saturated heterocycles. The monoisotopic (exact) mass is 358 g/mol. The number of hydrogen-bond donors (Lipinski definition) is 2. The summed E-state index contributed by atoms with van der Waals surface area (Å²) < 4.78 is 0. The van der Waals surface area contributed by atoms with Gasteiger partial charge < -0.3 is 11.1 Å². The third-order valence-corrected chi connectivity index (χ3v) is 4.51. The average molecular weight is 359 g/mol. The van der Waals surface area contributed by atoms with Gasteiger partial charge in [-0.2, -0.15) is 0 Å². The van der Waals surface area contributed by atoms with E-state index in [9.17, 15) is 9.59 Å². The van der Waals surface area contributed by atoms with Crippen LogP contribution in [0.1, 0.15) is 41.6 Å². The molecule has 0 heterocycles. The highest BCUT2D eigenvalue weighted by molar-refractivity contribution is 6.09. The minimum atomic E-state index is -0.0496. The molecule has 1 aliphatic carbocycles. The van der Waals surface area contributed by atoms with E-state index in [1.54, 1.807) is 30.3 Å². The maximum Gasteiger partial charge on any atom is 0.227 e. The molecule has 25 heavy (non-hydrogen) atoms. The number of hydrogen-bond acceptors (Lipinski definition) is 3. The lowest BCUT2D eigenvalue weighted by molar-refractivity contribution is -0.120. The van der Waals surface area contributed by atoms with Gasteiger partial charge in [0.05, 0.1) is 0 Å². The van der Waals surface area contributed by atoms with E-state index < -0.39 is 0 Å². The minimum absolute atomic E-state index is 0. The zero-order chi connectivity index (χ0) is 16.9. The largest absolute Gasteiger partial charge is 0.328 e. The van der Waals surface area contributed by atoms with Crippen molar-refractivity contribution in [2.24, 2.45) is 11.7 Å². The van der Waals surface area contributed by atoms with E-state index in [0.717, 1.165) is 25.7 Å². The molecular weight excluding hydrogens is 336 g/mol. The first-order chi connectivity index (χ1) is 11.6. The number of anilines is 1. The van der Waals surface area contributed by atoms with Gasteiger partial charge in [0.25, 0.3) is 0 Å². The first-order valence-electron chi connectivity index (χ1n) is 8.40. The summed E-state index contributed by atoms with van der Waals surface area (Å²) in [6.45, 7) is 0. The number of benzene rings is 2. The molecule has 0 aliphatic heterocycles. The Kier molecular flexibility index (Phi) is 6.73. The first kappa shape index (κ1) is 19.2. The van der Waals surface area contributed by atoms with Crippen LogP contribution in [-0.2, 0) is 4.79 Å². The van der Waals surface area contributed by atoms with Crippen molar-refractivity contribution in [1.29, 1.82) is 0 Å². The van der Waals surface area contributed by atoms with E-state index >= 15 is 0 Å². The molecule has 3 rings (SSSR count).